The van der Waals surface area contributed by atoms with Crippen LogP contribution in [-0.4, -0.2) is 27.4 Å². The van der Waals surface area contributed by atoms with Gasteiger partial charge in [-0.2, -0.15) is 0 Å². The lowest BCUT2D eigenvalue weighted by molar-refractivity contribution is -0.137. The molecule has 5 heteroatoms. The van der Waals surface area contributed by atoms with Crippen LogP contribution in [0.5, 0.6) is 0 Å². The minimum absolute atomic E-state index is 0.217. The molecule has 0 saturated heterocycles. The largest absolute Gasteiger partial charge is 0.481 e. The van der Waals surface area contributed by atoms with Crippen LogP contribution in [0.2, 0.25) is 0 Å². The second-order valence-electron chi connectivity index (χ2n) is 8.20. The second kappa shape index (κ2) is 10.4. The molecule has 154 valence electrons. The predicted molar refractivity (Wildman–Crippen MR) is 114 cm³/mol. The fourth-order valence-corrected chi connectivity index (χ4v) is 5.69. The van der Waals surface area contributed by atoms with Gasteiger partial charge in [0.25, 0.3) is 0 Å². The van der Waals surface area contributed by atoms with E-state index in [0.29, 0.717) is 11.8 Å². The lowest BCUT2D eigenvalue weighted by Gasteiger charge is -2.23. The number of carboxylic acids is 1. The van der Waals surface area contributed by atoms with Crippen molar-refractivity contribution in [3.63, 3.8) is 0 Å². The molecular formula is C23H32O4S. The zero-order valence-corrected chi connectivity index (χ0v) is 17.2. The van der Waals surface area contributed by atoms with E-state index in [1.165, 1.54) is 10.1 Å². The Kier molecular flexibility index (Phi) is 7.89. The number of hydrogen-bond acceptors (Lipinski definition) is 4. The number of fused-ring (bicyclic) bond motifs is 1. The Morgan fingerprint density at radius 1 is 1.11 bits per heavy atom. The maximum Gasteiger partial charge on any atom is 0.303 e. The average Bonchev–Trinajstić information content (AvgIpc) is 3.26. The van der Waals surface area contributed by atoms with Gasteiger partial charge in [-0.05, 0) is 67.9 Å². The molecule has 28 heavy (non-hydrogen) atoms. The molecular weight excluding hydrogens is 372 g/mol. The molecule has 1 fully saturated rings. The van der Waals surface area contributed by atoms with E-state index in [0.717, 1.165) is 62.7 Å². The number of rotatable bonds is 11. The number of aliphatic hydroxyl groups is 2. The molecule has 0 bridgehead atoms. The van der Waals surface area contributed by atoms with E-state index >= 15 is 0 Å². The van der Waals surface area contributed by atoms with Gasteiger partial charge in [0, 0.05) is 16.0 Å². The van der Waals surface area contributed by atoms with Crippen LogP contribution in [-0.2, 0) is 4.79 Å². The monoisotopic (exact) mass is 404 g/mol. The van der Waals surface area contributed by atoms with E-state index in [1.54, 1.807) is 11.3 Å². The molecule has 4 atom stereocenters. The predicted octanol–water partition coefficient (Wildman–Crippen LogP) is 5.53. The lowest BCUT2D eigenvalue weighted by atomic mass is 9.85. The maximum absolute atomic E-state index is 10.7. The minimum Gasteiger partial charge on any atom is -0.481 e. The molecule has 0 spiro atoms. The van der Waals surface area contributed by atoms with Gasteiger partial charge < -0.3 is 15.3 Å². The molecule has 1 aliphatic carbocycles. The second-order valence-corrected chi connectivity index (χ2v) is 9.31. The molecule has 3 N–H and O–H groups in total. The number of aliphatic carboxylic acids is 1. The Morgan fingerprint density at radius 3 is 2.68 bits per heavy atom. The first-order valence-corrected chi connectivity index (χ1v) is 11.4. The van der Waals surface area contributed by atoms with Gasteiger partial charge >= 0.3 is 5.97 Å². The van der Waals surface area contributed by atoms with E-state index in [2.05, 4.69) is 18.2 Å². The van der Waals surface area contributed by atoms with Crippen molar-refractivity contribution in [2.24, 2.45) is 11.8 Å². The summed E-state index contributed by atoms with van der Waals surface area (Å²) in [5, 5.41) is 30.9. The summed E-state index contributed by atoms with van der Waals surface area (Å²) in [7, 11) is 0. The molecule has 1 aromatic heterocycles. The normalized spacial score (nSPS) is 23.3. The molecule has 0 amide bonds. The molecule has 1 saturated carbocycles. The molecule has 1 aliphatic rings. The summed E-state index contributed by atoms with van der Waals surface area (Å²) in [6.45, 7) is 0. The molecule has 1 heterocycles. The van der Waals surface area contributed by atoms with E-state index in [-0.39, 0.29) is 12.5 Å². The quantitative estimate of drug-likeness (QED) is 0.431. The van der Waals surface area contributed by atoms with E-state index in [1.807, 2.05) is 12.1 Å². The van der Waals surface area contributed by atoms with Gasteiger partial charge in [0.2, 0.25) is 0 Å². The van der Waals surface area contributed by atoms with Crippen LogP contribution >= 0.6 is 11.3 Å². The highest BCUT2D eigenvalue weighted by Crippen LogP contribution is 2.40. The van der Waals surface area contributed by atoms with Gasteiger partial charge in [-0.15, -0.1) is 11.3 Å². The summed E-state index contributed by atoms with van der Waals surface area (Å²) in [5.74, 6) is 0.0932. The molecule has 4 nitrogen and oxygen atoms in total. The number of carbonyl (C=O) groups is 1. The summed E-state index contributed by atoms with van der Waals surface area (Å²) in [4.78, 5) is 11.6. The van der Waals surface area contributed by atoms with Gasteiger partial charge in [-0.25, -0.2) is 0 Å². The standard InChI is InChI=1S/C23H32O4S/c24-19-13-11-16(18(19)8-3-1-2-4-10-23(26)27)12-14-20(25)22-15-17-7-5-6-9-21(17)28-22/h5-7,9,15-16,18-20,24-25H,1-4,8,10-14H2,(H,26,27)/t16-,18-,19+,20?/m1/s1. The smallest absolute Gasteiger partial charge is 0.303 e. The fourth-order valence-electron chi connectivity index (χ4n) is 4.60. The highest BCUT2D eigenvalue weighted by molar-refractivity contribution is 7.19. The first-order valence-electron chi connectivity index (χ1n) is 10.6. The molecule has 3 rings (SSSR count). The van der Waals surface area contributed by atoms with Crippen LogP contribution in [0.15, 0.2) is 30.3 Å². The Morgan fingerprint density at radius 2 is 1.89 bits per heavy atom. The van der Waals surface area contributed by atoms with Crippen LogP contribution < -0.4 is 0 Å². The SMILES string of the molecule is O=C(O)CCCCCC[C@@H]1[C@@H](CCC(O)c2cc3ccccc3s2)CC[C@@H]1O. The first-order chi connectivity index (χ1) is 13.5. The topological polar surface area (TPSA) is 77.8 Å². The molecule has 1 aromatic carbocycles. The van der Waals surface area contributed by atoms with Crippen molar-refractivity contribution in [1.82, 2.24) is 0 Å². The number of aliphatic hydroxyl groups excluding tert-OH is 2. The van der Waals surface area contributed by atoms with Crippen molar-refractivity contribution >= 4 is 27.4 Å². The third-order valence-corrected chi connectivity index (χ3v) is 7.41. The summed E-state index contributed by atoms with van der Waals surface area (Å²) in [6, 6.07) is 10.3. The van der Waals surface area contributed by atoms with Crippen molar-refractivity contribution in [1.29, 1.82) is 0 Å². The molecule has 0 radical (unpaired) electrons. The fraction of sp³-hybridized carbons (Fsp3) is 0.609. The molecule has 2 aromatic rings. The number of benzene rings is 1. The van der Waals surface area contributed by atoms with Gasteiger partial charge in [0.05, 0.1) is 12.2 Å². The zero-order valence-electron chi connectivity index (χ0n) is 16.4. The van der Waals surface area contributed by atoms with Crippen LogP contribution in [0.3, 0.4) is 0 Å². The van der Waals surface area contributed by atoms with Gasteiger partial charge in [0.1, 0.15) is 0 Å². The minimum atomic E-state index is -0.719. The number of thiophene rings is 1. The Labute approximate surface area is 171 Å². The number of carboxylic acid groups (broad SMARTS) is 1. The van der Waals surface area contributed by atoms with Crippen LogP contribution in [0.4, 0.5) is 0 Å². The molecule has 0 aliphatic heterocycles. The van der Waals surface area contributed by atoms with Crippen molar-refractivity contribution in [3.8, 4) is 0 Å². The summed E-state index contributed by atoms with van der Waals surface area (Å²) < 4.78 is 1.22. The Hall–Kier alpha value is -1.43. The average molecular weight is 405 g/mol. The summed E-state index contributed by atoms with van der Waals surface area (Å²) in [5.41, 5.74) is 0. The van der Waals surface area contributed by atoms with Gasteiger partial charge in [-0.1, -0.05) is 37.5 Å². The maximum atomic E-state index is 10.7. The molecule has 1 unspecified atom stereocenters. The van der Waals surface area contributed by atoms with E-state index in [4.69, 9.17) is 5.11 Å². The summed E-state index contributed by atoms with van der Waals surface area (Å²) >= 11 is 1.67. The zero-order chi connectivity index (χ0) is 19.9. The van der Waals surface area contributed by atoms with Crippen molar-refractivity contribution < 1.29 is 20.1 Å². The third-order valence-electron chi connectivity index (χ3n) is 6.19. The van der Waals surface area contributed by atoms with E-state index in [9.17, 15) is 15.0 Å². The van der Waals surface area contributed by atoms with Crippen LogP contribution in [0, 0.1) is 11.8 Å². The highest BCUT2D eigenvalue weighted by Gasteiger charge is 2.34. The number of hydrogen-bond donors (Lipinski definition) is 3. The number of unbranched alkanes of at least 4 members (excludes halogenated alkanes) is 3. The van der Waals surface area contributed by atoms with Gasteiger partial charge in [0.15, 0.2) is 0 Å². The third kappa shape index (κ3) is 5.79. The first kappa shape index (κ1) is 21.3. The lowest BCUT2D eigenvalue weighted by Crippen LogP contribution is -2.19. The van der Waals surface area contributed by atoms with Crippen molar-refractivity contribution in [2.75, 3.05) is 0 Å². The van der Waals surface area contributed by atoms with Crippen LogP contribution in [0.1, 0.15) is 75.2 Å². The van der Waals surface area contributed by atoms with Gasteiger partial charge in [-0.3, -0.25) is 4.79 Å². The van der Waals surface area contributed by atoms with Crippen molar-refractivity contribution in [3.05, 3.63) is 35.2 Å². The summed E-state index contributed by atoms with van der Waals surface area (Å²) in [6.07, 6.45) is 8.02. The Bertz CT molecular complexity index is 723. The Balaban J connectivity index is 1.43. The van der Waals surface area contributed by atoms with E-state index < -0.39 is 12.1 Å². The van der Waals surface area contributed by atoms with Crippen LogP contribution in [0.25, 0.3) is 10.1 Å². The van der Waals surface area contributed by atoms with Crippen molar-refractivity contribution in [2.45, 2.75) is 76.4 Å². The highest BCUT2D eigenvalue weighted by atomic mass is 32.1.